The van der Waals surface area contributed by atoms with Crippen LogP contribution in [-0.2, 0) is 24.4 Å². The Hall–Kier alpha value is -1.39. The zero-order valence-electron chi connectivity index (χ0n) is 15.5. The zero-order valence-corrected chi connectivity index (χ0v) is 15.5. The Morgan fingerprint density at radius 3 is 2.19 bits per heavy atom. The average Bonchev–Trinajstić information content (AvgIpc) is 2.59. The molecule has 3 N–H and O–H groups in total. The van der Waals surface area contributed by atoms with E-state index in [2.05, 4.69) is 5.32 Å². The molecule has 4 fully saturated rings. The molecule has 0 radical (unpaired) electrons. The fourth-order valence-corrected chi connectivity index (χ4v) is 6.39. The second-order valence-corrected chi connectivity index (χ2v) is 9.11. The summed E-state index contributed by atoms with van der Waals surface area (Å²) >= 11 is 0. The van der Waals surface area contributed by atoms with Gasteiger partial charge >= 0.3 is 0 Å². The summed E-state index contributed by atoms with van der Waals surface area (Å²) in [6.07, 6.45) is 9.53. The van der Waals surface area contributed by atoms with E-state index in [4.69, 9.17) is 0 Å². The van der Waals surface area contributed by atoms with Gasteiger partial charge in [-0.25, -0.2) is 0 Å². The smallest absolute Gasteiger partial charge is 0.220 e. The zero-order chi connectivity index (χ0) is 18.1. The fourth-order valence-electron chi connectivity index (χ4n) is 6.39. The van der Waals surface area contributed by atoms with Gasteiger partial charge in [-0.05, 0) is 84.8 Å². The third-order valence-electron chi connectivity index (χ3n) is 7.05. The van der Waals surface area contributed by atoms with Gasteiger partial charge in [0.15, 0.2) is 0 Å². The number of aliphatic hydroxyl groups is 2. The van der Waals surface area contributed by atoms with Crippen molar-refractivity contribution in [1.29, 1.82) is 0 Å². The predicted molar refractivity (Wildman–Crippen MR) is 100 cm³/mol. The van der Waals surface area contributed by atoms with Crippen molar-refractivity contribution in [2.75, 3.05) is 6.54 Å². The van der Waals surface area contributed by atoms with Crippen molar-refractivity contribution in [2.24, 2.45) is 23.2 Å². The number of rotatable bonds is 7. The van der Waals surface area contributed by atoms with Gasteiger partial charge in [0.1, 0.15) is 0 Å². The standard InChI is InChI=1S/C22H31NO3/c24-13-19-2-1-15(8-20(19)14-25)3-4-23-21(26)12-22-9-16-5-17(10-22)7-18(6-16)11-22/h1-2,8,16-18,24-25H,3-7,9-14H2,(H,23,26). The molecule has 0 atom stereocenters. The summed E-state index contributed by atoms with van der Waals surface area (Å²) in [6.45, 7) is 0.509. The van der Waals surface area contributed by atoms with Gasteiger partial charge in [-0.2, -0.15) is 0 Å². The van der Waals surface area contributed by atoms with Crippen LogP contribution in [0.15, 0.2) is 18.2 Å². The molecule has 4 bridgehead atoms. The van der Waals surface area contributed by atoms with Gasteiger partial charge in [-0.3, -0.25) is 4.79 Å². The van der Waals surface area contributed by atoms with Crippen molar-refractivity contribution in [1.82, 2.24) is 5.32 Å². The first-order valence-electron chi connectivity index (χ1n) is 10.2. The topological polar surface area (TPSA) is 69.6 Å². The Balaban J connectivity index is 1.28. The molecule has 4 nitrogen and oxygen atoms in total. The van der Waals surface area contributed by atoms with Crippen LogP contribution in [0.25, 0.3) is 0 Å². The first kappa shape index (κ1) is 18.0. The molecule has 0 unspecified atom stereocenters. The summed E-state index contributed by atoms with van der Waals surface area (Å²) < 4.78 is 0. The van der Waals surface area contributed by atoms with E-state index in [1.54, 1.807) is 0 Å². The lowest BCUT2D eigenvalue weighted by Gasteiger charge is -2.56. The Morgan fingerprint density at radius 1 is 1.00 bits per heavy atom. The van der Waals surface area contributed by atoms with E-state index < -0.39 is 0 Å². The molecule has 0 spiro atoms. The van der Waals surface area contributed by atoms with Crippen LogP contribution in [0.1, 0.15) is 61.6 Å². The summed E-state index contributed by atoms with van der Waals surface area (Å²) in [5, 5.41) is 21.8. The van der Waals surface area contributed by atoms with Crippen molar-refractivity contribution < 1.29 is 15.0 Å². The molecular formula is C22H31NO3. The SMILES string of the molecule is O=C(CC12CC3CC(CC(C3)C1)C2)NCCc1ccc(CO)c(CO)c1. The van der Waals surface area contributed by atoms with Gasteiger partial charge in [0.05, 0.1) is 13.2 Å². The van der Waals surface area contributed by atoms with E-state index in [0.29, 0.717) is 18.4 Å². The average molecular weight is 357 g/mol. The monoisotopic (exact) mass is 357 g/mol. The number of aliphatic hydroxyl groups excluding tert-OH is 2. The molecule has 0 heterocycles. The van der Waals surface area contributed by atoms with Crippen molar-refractivity contribution in [3.05, 3.63) is 34.9 Å². The first-order chi connectivity index (χ1) is 12.6. The van der Waals surface area contributed by atoms with Gasteiger partial charge in [0.2, 0.25) is 5.91 Å². The maximum Gasteiger partial charge on any atom is 0.220 e. The summed E-state index contributed by atoms with van der Waals surface area (Å²) in [7, 11) is 0. The van der Waals surface area contributed by atoms with Gasteiger partial charge < -0.3 is 15.5 Å². The Kier molecular flexibility index (Phi) is 5.07. The molecule has 0 saturated heterocycles. The van der Waals surface area contributed by atoms with Crippen molar-refractivity contribution >= 4 is 5.91 Å². The van der Waals surface area contributed by atoms with Gasteiger partial charge in [0.25, 0.3) is 0 Å². The number of hydrogen-bond acceptors (Lipinski definition) is 3. The lowest BCUT2D eigenvalue weighted by molar-refractivity contribution is -0.129. The first-order valence-corrected chi connectivity index (χ1v) is 10.2. The van der Waals surface area contributed by atoms with Crippen molar-refractivity contribution in [3.8, 4) is 0 Å². The highest BCUT2D eigenvalue weighted by molar-refractivity contribution is 5.76. The minimum atomic E-state index is -0.0673. The Bertz CT molecular complexity index is 634. The van der Waals surface area contributed by atoms with E-state index in [1.807, 2.05) is 18.2 Å². The summed E-state index contributed by atoms with van der Waals surface area (Å²) in [6, 6.07) is 5.75. The van der Waals surface area contributed by atoms with Crippen LogP contribution in [0.4, 0.5) is 0 Å². The van der Waals surface area contributed by atoms with Crippen LogP contribution in [0.3, 0.4) is 0 Å². The molecule has 1 aromatic carbocycles. The molecule has 0 aromatic heterocycles. The maximum absolute atomic E-state index is 12.6. The number of nitrogens with one attached hydrogen (secondary N) is 1. The van der Waals surface area contributed by atoms with Crippen molar-refractivity contribution in [2.45, 2.75) is 64.6 Å². The number of carbonyl (C=O) groups is 1. The number of hydrogen-bond donors (Lipinski definition) is 3. The molecule has 5 rings (SSSR count). The quantitative estimate of drug-likeness (QED) is 0.703. The molecular weight excluding hydrogens is 326 g/mol. The molecule has 1 aromatic rings. The highest BCUT2D eigenvalue weighted by Gasteiger charge is 2.51. The van der Waals surface area contributed by atoms with Crippen LogP contribution >= 0.6 is 0 Å². The molecule has 26 heavy (non-hydrogen) atoms. The van der Waals surface area contributed by atoms with E-state index in [0.717, 1.165) is 40.9 Å². The second kappa shape index (κ2) is 7.32. The van der Waals surface area contributed by atoms with E-state index in [-0.39, 0.29) is 19.1 Å². The summed E-state index contributed by atoms with van der Waals surface area (Å²) in [5.41, 5.74) is 2.92. The van der Waals surface area contributed by atoms with E-state index >= 15 is 0 Å². The predicted octanol–water partition coefficient (Wildman–Crippen LogP) is 2.94. The van der Waals surface area contributed by atoms with E-state index in [1.165, 1.54) is 38.5 Å². The molecule has 4 aliphatic carbocycles. The maximum atomic E-state index is 12.6. The highest BCUT2D eigenvalue weighted by Crippen LogP contribution is 2.61. The number of benzene rings is 1. The normalized spacial score (nSPS) is 32.0. The Labute approximate surface area is 156 Å². The van der Waals surface area contributed by atoms with Crippen LogP contribution in [0.2, 0.25) is 0 Å². The van der Waals surface area contributed by atoms with Gasteiger partial charge in [-0.15, -0.1) is 0 Å². The molecule has 142 valence electrons. The van der Waals surface area contributed by atoms with Crippen molar-refractivity contribution in [3.63, 3.8) is 0 Å². The Morgan fingerprint density at radius 2 is 1.62 bits per heavy atom. The fraction of sp³-hybridized carbons (Fsp3) is 0.682. The lowest BCUT2D eigenvalue weighted by atomic mass is 9.49. The van der Waals surface area contributed by atoms with Gasteiger partial charge in [0, 0.05) is 13.0 Å². The molecule has 4 heteroatoms. The number of carbonyl (C=O) groups excluding carboxylic acids is 1. The van der Waals surface area contributed by atoms with Gasteiger partial charge in [-0.1, -0.05) is 18.2 Å². The molecule has 4 saturated carbocycles. The largest absolute Gasteiger partial charge is 0.392 e. The minimum absolute atomic E-state index is 0.0576. The second-order valence-electron chi connectivity index (χ2n) is 9.11. The van der Waals surface area contributed by atoms with E-state index in [9.17, 15) is 15.0 Å². The van der Waals surface area contributed by atoms with Crippen LogP contribution in [-0.4, -0.2) is 22.7 Å². The molecule has 4 aliphatic rings. The van der Waals surface area contributed by atoms with Crippen LogP contribution in [0, 0.1) is 23.2 Å². The van der Waals surface area contributed by atoms with Crippen LogP contribution < -0.4 is 5.32 Å². The third-order valence-corrected chi connectivity index (χ3v) is 7.05. The number of amides is 1. The lowest BCUT2D eigenvalue weighted by Crippen LogP contribution is -2.48. The highest BCUT2D eigenvalue weighted by atomic mass is 16.3. The molecule has 0 aliphatic heterocycles. The summed E-state index contributed by atoms with van der Waals surface area (Å²) in [4.78, 5) is 12.6. The molecule has 1 amide bonds. The third kappa shape index (κ3) is 3.67. The minimum Gasteiger partial charge on any atom is -0.392 e. The summed E-state index contributed by atoms with van der Waals surface area (Å²) in [5.74, 6) is 2.87. The van der Waals surface area contributed by atoms with Crippen LogP contribution in [0.5, 0.6) is 0 Å².